The van der Waals surface area contributed by atoms with Crippen molar-refractivity contribution in [3.63, 3.8) is 0 Å². The van der Waals surface area contributed by atoms with E-state index < -0.39 is 0 Å². The van der Waals surface area contributed by atoms with Crippen molar-refractivity contribution < 1.29 is 14.3 Å². The van der Waals surface area contributed by atoms with E-state index in [1.54, 1.807) is 0 Å². The van der Waals surface area contributed by atoms with Crippen molar-refractivity contribution in [2.75, 3.05) is 45.9 Å². The maximum atomic E-state index is 12.6. The van der Waals surface area contributed by atoms with Crippen LogP contribution in [0.25, 0.3) is 0 Å². The number of hydrogen-bond acceptors (Lipinski definition) is 4. The quantitative estimate of drug-likeness (QED) is 0.789. The van der Waals surface area contributed by atoms with Gasteiger partial charge in [-0.1, -0.05) is 31.2 Å². The van der Waals surface area contributed by atoms with Gasteiger partial charge in [0.15, 0.2) is 0 Å². The molecule has 2 aliphatic heterocycles. The average molecular weight is 373 g/mol. The molecule has 1 aromatic carbocycles. The Morgan fingerprint density at radius 3 is 2.59 bits per heavy atom. The fourth-order valence-electron chi connectivity index (χ4n) is 3.71. The Morgan fingerprint density at radius 1 is 1.22 bits per heavy atom. The Balaban J connectivity index is 1.47. The van der Waals surface area contributed by atoms with Gasteiger partial charge in [0.05, 0.1) is 25.2 Å². The molecule has 6 heteroatoms. The molecule has 2 heterocycles. The fraction of sp³-hybridized carbons (Fsp3) is 0.619. The van der Waals surface area contributed by atoms with Gasteiger partial charge in [-0.3, -0.25) is 14.5 Å². The molecule has 1 N–H and O–H groups in total. The maximum absolute atomic E-state index is 12.6. The SMILES string of the molecule is CCc1ccc(C(C)NC(=O)C2CC(=O)N(CCN3CCOCC3)C2)cc1. The van der Waals surface area contributed by atoms with Crippen LogP contribution in [0.5, 0.6) is 0 Å². The molecule has 2 atom stereocenters. The summed E-state index contributed by atoms with van der Waals surface area (Å²) in [6.07, 6.45) is 1.32. The Bertz CT molecular complexity index is 641. The summed E-state index contributed by atoms with van der Waals surface area (Å²) in [5, 5.41) is 3.08. The third-order valence-corrected chi connectivity index (χ3v) is 5.62. The molecule has 0 saturated carbocycles. The van der Waals surface area contributed by atoms with E-state index in [1.807, 2.05) is 11.8 Å². The molecule has 2 fully saturated rings. The Kier molecular flexibility index (Phi) is 6.85. The number of aryl methyl sites for hydroxylation is 1. The molecule has 3 rings (SSSR count). The summed E-state index contributed by atoms with van der Waals surface area (Å²) in [5.74, 6) is -0.188. The van der Waals surface area contributed by atoms with Crippen LogP contribution in [0.3, 0.4) is 0 Å². The van der Waals surface area contributed by atoms with Crippen LogP contribution in [-0.4, -0.2) is 67.6 Å². The molecular weight excluding hydrogens is 342 g/mol. The molecular formula is C21H31N3O3. The minimum Gasteiger partial charge on any atom is -0.379 e. The lowest BCUT2D eigenvalue weighted by molar-refractivity contribution is -0.129. The van der Waals surface area contributed by atoms with Crippen LogP contribution >= 0.6 is 0 Å². The lowest BCUT2D eigenvalue weighted by atomic mass is 10.0. The van der Waals surface area contributed by atoms with Crippen molar-refractivity contribution in [1.82, 2.24) is 15.1 Å². The van der Waals surface area contributed by atoms with E-state index in [9.17, 15) is 9.59 Å². The molecule has 2 aliphatic rings. The van der Waals surface area contributed by atoms with E-state index in [-0.39, 0.29) is 23.8 Å². The van der Waals surface area contributed by atoms with Gasteiger partial charge in [0, 0.05) is 39.1 Å². The van der Waals surface area contributed by atoms with E-state index in [4.69, 9.17) is 4.74 Å². The van der Waals surface area contributed by atoms with Crippen LogP contribution in [0, 0.1) is 5.92 Å². The van der Waals surface area contributed by atoms with Gasteiger partial charge in [-0.05, 0) is 24.5 Å². The van der Waals surface area contributed by atoms with Crippen molar-refractivity contribution in [2.45, 2.75) is 32.7 Å². The first kappa shape index (κ1) is 19.8. The number of carbonyl (C=O) groups excluding carboxylic acids is 2. The van der Waals surface area contributed by atoms with Crippen molar-refractivity contribution in [1.29, 1.82) is 0 Å². The highest BCUT2D eigenvalue weighted by atomic mass is 16.5. The molecule has 0 bridgehead atoms. The van der Waals surface area contributed by atoms with Crippen molar-refractivity contribution in [3.8, 4) is 0 Å². The maximum Gasteiger partial charge on any atom is 0.225 e. The first-order valence-corrected chi connectivity index (χ1v) is 10.0. The molecule has 0 aromatic heterocycles. The number of hydrogen-bond donors (Lipinski definition) is 1. The van der Waals surface area contributed by atoms with Crippen LogP contribution < -0.4 is 5.32 Å². The second kappa shape index (κ2) is 9.33. The van der Waals surface area contributed by atoms with E-state index >= 15 is 0 Å². The second-order valence-electron chi connectivity index (χ2n) is 7.52. The Morgan fingerprint density at radius 2 is 1.93 bits per heavy atom. The largest absolute Gasteiger partial charge is 0.379 e. The minimum absolute atomic E-state index is 0.0238. The third-order valence-electron chi connectivity index (χ3n) is 5.62. The number of rotatable bonds is 7. The fourth-order valence-corrected chi connectivity index (χ4v) is 3.71. The van der Waals surface area contributed by atoms with E-state index in [1.165, 1.54) is 5.56 Å². The van der Waals surface area contributed by atoms with Gasteiger partial charge in [-0.2, -0.15) is 0 Å². The molecule has 27 heavy (non-hydrogen) atoms. The molecule has 148 valence electrons. The highest BCUT2D eigenvalue weighted by molar-refractivity contribution is 5.89. The average Bonchev–Trinajstić information content (AvgIpc) is 3.08. The van der Waals surface area contributed by atoms with Crippen LogP contribution in [0.15, 0.2) is 24.3 Å². The minimum atomic E-state index is -0.250. The van der Waals surface area contributed by atoms with Gasteiger partial charge in [0.2, 0.25) is 11.8 Å². The van der Waals surface area contributed by atoms with Gasteiger partial charge in [-0.25, -0.2) is 0 Å². The molecule has 6 nitrogen and oxygen atoms in total. The van der Waals surface area contributed by atoms with Crippen LogP contribution in [-0.2, 0) is 20.7 Å². The summed E-state index contributed by atoms with van der Waals surface area (Å²) in [6.45, 7) is 9.54. The molecule has 2 saturated heterocycles. The van der Waals surface area contributed by atoms with Crippen molar-refractivity contribution in [2.24, 2.45) is 5.92 Å². The second-order valence-corrected chi connectivity index (χ2v) is 7.52. The number of amides is 2. The first-order chi connectivity index (χ1) is 13.1. The predicted molar refractivity (Wildman–Crippen MR) is 104 cm³/mol. The molecule has 2 unspecified atom stereocenters. The first-order valence-electron chi connectivity index (χ1n) is 10.0. The smallest absolute Gasteiger partial charge is 0.225 e. The van der Waals surface area contributed by atoms with Crippen molar-refractivity contribution >= 4 is 11.8 Å². The van der Waals surface area contributed by atoms with E-state index in [0.29, 0.717) is 19.5 Å². The van der Waals surface area contributed by atoms with Crippen molar-refractivity contribution in [3.05, 3.63) is 35.4 Å². The van der Waals surface area contributed by atoms with Gasteiger partial charge in [0.25, 0.3) is 0 Å². The predicted octanol–water partition coefficient (Wildman–Crippen LogP) is 1.61. The summed E-state index contributed by atoms with van der Waals surface area (Å²) in [6, 6.07) is 8.28. The molecule has 0 aliphatic carbocycles. The number of likely N-dealkylation sites (tertiary alicyclic amines) is 1. The van der Waals surface area contributed by atoms with Crippen LogP contribution in [0.1, 0.15) is 37.4 Å². The number of benzene rings is 1. The van der Waals surface area contributed by atoms with Gasteiger partial charge in [-0.15, -0.1) is 0 Å². The monoisotopic (exact) mass is 373 g/mol. The third kappa shape index (κ3) is 5.30. The lowest BCUT2D eigenvalue weighted by Crippen LogP contribution is -2.42. The highest BCUT2D eigenvalue weighted by Crippen LogP contribution is 2.20. The Hall–Kier alpha value is -1.92. The zero-order valence-corrected chi connectivity index (χ0v) is 16.4. The summed E-state index contributed by atoms with van der Waals surface area (Å²) in [5.41, 5.74) is 2.38. The summed E-state index contributed by atoms with van der Waals surface area (Å²) in [7, 11) is 0. The van der Waals surface area contributed by atoms with E-state index in [0.717, 1.165) is 44.8 Å². The lowest BCUT2D eigenvalue weighted by Gasteiger charge is -2.28. The van der Waals surface area contributed by atoms with Crippen LogP contribution in [0.2, 0.25) is 0 Å². The normalized spacial score (nSPS) is 22.1. The molecule has 0 radical (unpaired) electrons. The standard InChI is InChI=1S/C21H31N3O3/c1-3-17-4-6-18(7-5-17)16(2)22-21(26)19-14-20(25)24(15-19)9-8-23-10-12-27-13-11-23/h4-7,16,19H,3,8-15H2,1-2H3,(H,22,26). The zero-order chi connectivity index (χ0) is 19.2. The van der Waals surface area contributed by atoms with Gasteiger partial charge < -0.3 is 15.0 Å². The summed E-state index contributed by atoms with van der Waals surface area (Å²) < 4.78 is 5.35. The zero-order valence-electron chi connectivity index (χ0n) is 16.4. The number of nitrogens with zero attached hydrogens (tertiary/aromatic N) is 2. The highest BCUT2D eigenvalue weighted by Gasteiger charge is 2.34. The summed E-state index contributed by atoms with van der Waals surface area (Å²) >= 11 is 0. The Labute approximate surface area is 161 Å². The van der Waals surface area contributed by atoms with Gasteiger partial charge >= 0.3 is 0 Å². The van der Waals surface area contributed by atoms with E-state index in [2.05, 4.69) is 41.4 Å². The number of nitrogens with one attached hydrogen (secondary N) is 1. The molecule has 2 amide bonds. The number of morpholine rings is 1. The number of carbonyl (C=O) groups is 2. The summed E-state index contributed by atoms with van der Waals surface area (Å²) in [4.78, 5) is 29.1. The van der Waals surface area contributed by atoms with Gasteiger partial charge in [0.1, 0.15) is 0 Å². The number of ether oxygens (including phenoxy) is 1. The topological polar surface area (TPSA) is 61.9 Å². The van der Waals surface area contributed by atoms with Crippen LogP contribution in [0.4, 0.5) is 0 Å². The molecule has 1 aromatic rings. The molecule has 0 spiro atoms.